The molecule has 2 heterocycles. The second kappa shape index (κ2) is 7.49. The van der Waals surface area contributed by atoms with Gasteiger partial charge in [0.25, 0.3) is 11.5 Å². The van der Waals surface area contributed by atoms with Crippen molar-refractivity contribution in [2.24, 2.45) is 0 Å². The van der Waals surface area contributed by atoms with E-state index in [2.05, 4.69) is 41.1 Å². The summed E-state index contributed by atoms with van der Waals surface area (Å²) in [6, 6.07) is 9.94. The number of benzene rings is 1. The lowest BCUT2D eigenvalue weighted by atomic mass is 10.1. The van der Waals surface area contributed by atoms with Gasteiger partial charge >= 0.3 is 0 Å². The summed E-state index contributed by atoms with van der Waals surface area (Å²) in [4.78, 5) is 33.3. The van der Waals surface area contributed by atoms with E-state index in [4.69, 9.17) is 0 Å². The molecule has 0 saturated carbocycles. The molecule has 2 aromatic heterocycles. The van der Waals surface area contributed by atoms with Gasteiger partial charge in [-0.3, -0.25) is 19.5 Å². The summed E-state index contributed by atoms with van der Waals surface area (Å²) in [5.74, 6) is -0.291. The lowest BCUT2D eigenvalue weighted by Gasteiger charge is -2.21. The van der Waals surface area contributed by atoms with Crippen molar-refractivity contribution in [1.82, 2.24) is 14.9 Å². The molecule has 0 unspecified atom stereocenters. The second-order valence-corrected chi connectivity index (χ2v) is 6.62. The van der Waals surface area contributed by atoms with Crippen LogP contribution in [-0.2, 0) is 6.54 Å². The molecule has 0 aliphatic rings. The lowest BCUT2D eigenvalue weighted by Crippen LogP contribution is -2.25. The SMILES string of the molecule is CC(C)N(C)Cc1ccc(NC(=O)c2cncc3c(=O)[nH]ccc23)cc1. The summed E-state index contributed by atoms with van der Waals surface area (Å²) >= 11 is 0. The van der Waals surface area contributed by atoms with Crippen LogP contribution in [0.15, 0.2) is 53.7 Å². The molecule has 0 bridgehead atoms. The summed E-state index contributed by atoms with van der Waals surface area (Å²) in [6.07, 6.45) is 4.47. The van der Waals surface area contributed by atoms with Crippen LogP contribution in [0.3, 0.4) is 0 Å². The van der Waals surface area contributed by atoms with Gasteiger partial charge in [-0.2, -0.15) is 0 Å². The zero-order chi connectivity index (χ0) is 18.7. The van der Waals surface area contributed by atoms with Gasteiger partial charge in [-0.05, 0) is 44.7 Å². The van der Waals surface area contributed by atoms with Crippen LogP contribution >= 0.6 is 0 Å². The van der Waals surface area contributed by atoms with Gasteiger partial charge in [-0.15, -0.1) is 0 Å². The summed E-state index contributed by atoms with van der Waals surface area (Å²) in [5, 5.41) is 3.84. The quantitative estimate of drug-likeness (QED) is 0.741. The number of hydrogen-bond acceptors (Lipinski definition) is 4. The number of aromatic nitrogens is 2. The molecule has 0 fully saturated rings. The Morgan fingerprint density at radius 2 is 1.88 bits per heavy atom. The largest absolute Gasteiger partial charge is 0.329 e. The van der Waals surface area contributed by atoms with Crippen molar-refractivity contribution in [1.29, 1.82) is 0 Å². The van der Waals surface area contributed by atoms with E-state index < -0.39 is 0 Å². The minimum Gasteiger partial charge on any atom is -0.329 e. The average molecular weight is 350 g/mol. The number of hydrogen-bond donors (Lipinski definition) is 2. The topological polar surface area (TPSA) is 78.1 Å². The Labute approximate surface area is 151 Å². The van der Waals surface area contributed by atoms with E-state index in [0.717, 1.165) is 6.54 Å². The van der Waals surface area contributed by atoms with Gasteiger partial charge in [0.15, 0.2) is 0 Å². The highest BCUT2D eigenvalue weighted by Crippen LogP contribution is 2.17. The minimum atomic E-state index is -0.291. The molecule has 6 heteroatoms. The highest BCUT2D eigenvalue weighted by atomic mass is 16.1. The maximum atomic E-state index is 12.6. The standard InChI is InChI=1S/C20H22N4O2/c1-13(2)24(3)12-14-4-6-15(7-5-14)23-20(26)18-11-21-10-17-16(18)8-9-22-19(17)25/h4-11,13H,12H2,1-3H3,(H,22,25)(H,23,26). The highest BCUT2D eigenvalue weighted by Gasteiger charge is 2.12. The van der Waals surface area contributed by atoms with Crippen LogP contribution in [0.4, 0.5) is 5.69 Å². The number of carbonyl (C=O) groups excluding carboxylic acids is 1. The van der Waals surface area contributed by atoms with Gasteiger partial charge in [0.2, 0.25) is 0 Å². The van der Waals surface area contributed by atoms with E-state index >= 15 is 0 Å². The van der Waals surface area contributed by atoms with E-state index in [9.17, 15) is 9.59 Å². The van der Waals surface area contributed by atoms with Crippen LogP contribution in [0.25, 0.3) is 10.8 Å². The molecule has 6 nitrogen and oxygen atoms in total. The van der Waals surface area contributed by atoms with Crippen LogP contribution in [-0.4, -0.2) is 33.9 Å². The fourth-order valence-electron chi connectivity index (χ4n) is 2.65. The van der Waals surface area contributed by atoms with E-state index in [1.165, 1.54) is 24.2 Å². The number of pyridine rings is 2. The Hall–Kier alpha value is -2.99. The second-order valence-electron chi connectivity index (χ2n) is 6.62. The normalized spacial score (nSPS) is 11.3. The first-order valence-corrected chi connectivity index (χ1v) is 8.51. The minimum absolute atomic E-state index is 0.261. The molecule has 1 aromatic carbocycles. The van der Waals surface area contributed by atoms with E-state index in [1.54, 1.807) is 6.07 Å². The summed E-state index contributed by atoms with van der Waals surface area (Å²) < 4.78 is 0. The van der Waals surface area contributed by atoms with Crippen LogP contribution in [0.2, 0.25) is 0 Å². The Bertz CT molecular complexity index is 977. The van der Waals surface area contributed by atoms with Crippen LogP contribution in [0.1, 0.15) is 29.8 Å². The van der Waals surface area contributed by atoms with Crippen molar-refractivity contribution in [3.63, 3.8) is 0 Å². The number of fused-ring (bicyclic) bond motifs is 1. The molecule has 0 aliphatic carbocycles. The van der Waals surface area contributed by atoms with Crippen molar-refractivity contribution >= 4 is 22.4 Å². The van der Waals surface area contributed by atoms with Crippen molar-refractivity contribution < 1.29 is 4.79 Å². The van der Waals surface area contributed by atoms with Gasteiger partial charge in [-0.1, -0.05) is 12.1 Å². The first-order chi connectivity index (χ1) is 12.5. The summed E-state index contributed by atoms with van der Waals surface area (Å²) in [7, 11) is 2.08. The smallest absolute Gasteiger partial charge is 0.257 e. The van der Waals surface area contributed by atoms with Gasteiger partial charge in [0.05, 0.1) is 10.9 Å². The fourth-order valence-corrected chi connectivity index (χ4v) is 2.65. The summed E-state index contributed by atoms with van der Waals surface area (Å²) in [5.41, 5.74) is 1.99. The average Bonchev–Trinajstić information content (AvgIpc) is 2.63. The van der Waals surface area contributed by atoms with Crippen LogP contribution in [0.5, 0.6) is 0 Å². The molecule has 1 amide bonds. The molecule has 26 heavy (non-hydrogen) atoms. The molecule has 0 aliphatic heterocycles. The molecule has 134 valence electrons. The predicted molar refractivity (Wildman–Crippen MR) is 103 cm³/mol. The maximum Gasteiger partial charge on any atom is 0.257 e. The lowest BCUT2D eigenvalue weighted by molar-refractivity contribution is 0.102. The van der Waals surface area contributed by atoms with Crippen molar-refractivity contribution in [2.45, 2.75) is 26.4 Å². The molecular formula is C20H22N4O2. The number of amides is 1. The Morgan fingerprint density at radius 1 is 1.15 bits per heavy atom. The van der Waals surface area contributed by atoms with Crippen molar-refractivity contribution in [2.75, 3.05) is 12.4 Å². The molecule has 0 atom stereocenters. The van der Waals surface area contributed by atoms with E-state index in [0.29, 0.717) is 28.1 Å². The first-order valence-electron chi connectivity index (χ1n) is 8.51. The molecule has 0 saturated heterocycles. The monoisotopic (exact) mass is 350 g/mol. The van der Waals surface area contributed by atoms with Crippen molar-refractivity contribution in [3.8, 4) is 0 Å². The number of carbonyl (C=O) groups is 1. The number of rotatable bonds is 5. The highest BCUT2D eigenvalue weighted by molar-refractivity contribution is 6.12. The zero-order valence-corrected chi connectivity index (χ0v) is 15.1. The van der Waals surface area contributed by atoms with Gasteiger partial charge in [0, 0.05) is 42.3 Å². The maximum absolute atomic E-state index is 12.6. The molecule has 2 N–H and O–H groups in total. The van der Waals surface area contributed by atoms with Crippen molar-refractivity contribution in [3.05, 3.63) is 70.4 Å². The molecule has 3 aromatic rings. The Kier molecular flexibility index (Phi) is 5.14. The van der Waals surface area contributed by atoms with E-state index in [-0.39, 0.29) is 11.5 Å². The van der Waals surface area contributed by atoms with Gasteiger partial charge < -0.3 is 10.3 Å². The summed E-state index contributed by atoms with van der Waals surface area (Å²) in [6.45, 7) is 5.15. The first kappa shape index (κ1) is 17.8. The van der Waals surface area contributed by atoms with Crippen LogP contribution < -0.4 is 10.9 Å². The Balaban J connectivity index is 1.79. The van der Waals surface area contributed by atoms with Gasteiger partial charge in [0.1, 0.15) is 0 Å². The Morgan fingerprint density at radius 3 is 2.58 bits per heavy atom. The third-order valence-corrected chi connectivity index (χ3v) is 4.47. The van der Waals surface area contributed by atoms with Crippen LogP contribution in [0, 0.1) is 0 Å². The third-order valence-electron chi connectivity index (χ3n) is 4.47. The van der Waals surface area contributed by atoms with E-state index in [1.807, 2.05) is 24.3 Å². The molecule has 0 radical (unpaired) electrons. The number of H-pyrrole nitrogens is 1. The molecular weight excluding hydrogens is 328 g/mol. The van der Waals surface area contributed by atoms with Gasteiger partial charge in [-0.25, -0.2) is 0 Å². The molecule has 3 rings (SSSR count). The number of anilines is 1. The molecule has 0 spiro atoms. The number of nitrogens with zero attached hydrogens (tertiary/aromatic N) is 2. The number of nitrogens with one attached hydrogen (secondary N) is 2. The number of aromatic amines is 1. The fraction of sp³-hybridized carbons (Fsp3) is 0.250. The zero-order valence-electron chi connectivity index (χ0n) is 15.1. The predicted octanol–water partition coefficient (Wildman–Crippen LogP) is 3.02. The third kappa shape index (κ3) is 3.81.